The Morgan fingerprint density at radius 3 is 2.88 bits per heavy atom. The Kier molecular flexibility index (Phi) is 4.59. The summed E-state index contributed by atoms with van der Waals surface area (Å²) in [5.74, 6) is 0.779. The Bertz CT molecular complexity index is 416. The Labute approximate surface area is 112 Å². The molecule has 0 aliphatic carbocycles. The predicted molar refractivity (Wildman–Crippen MR) is 69.9 cm³/mol. The number of carbonyl (C=O) groups is 1. The Morgan fingerprint density at radius 1 is 1.59 bits per heavy atom. The highest BCUT2D eigenvalue weighted by Crippen LogP contribution is 2.25. The number of rotatable bonds is 2. The molecule has 17 heavy (non-hydrogen) atoms. The van der Waals surface area contributed by atoms with E-state index in [1.807, 2.05) is 13.8 Å². The smallest absolute Gasteiger partial charge is 0.415 e. The maximum Gasteiger partial charge on any atom is 0.415 e. The first-order valence-corrected chi connectivity index (χ1v) is 5.42. The zero-order valence-corrected chi connectivity index (χ0v) is 11.3. The molecule has 0 saturated carbocycles. The van der Waals surface area contributed by atoms with Crippen molar-refractivity contribution in [2.45, 2.75) is 19.9 Å². The van der Waals surface area contributed by atoms with Crippen molar-refractivity contribution in [3.63, 3.8) is 0 Å². The van der Waals surface area contributed by atoms with E-state index in [2.05, 4.69) is 9.97 Å². The van der Waals surface area contributed by atoms with Crippen molar-refractivity contribution < 1.29 is 9.53 Å². The predicted octanol–water partition coefficient (Wildman–Crippen LogP) is 2.22. The molecule has 1 amide bonds. The first-order valence-electron chi connectivity index (χ1n) is 5.04. The number of ether oxygens (including phenoxy) is 1. The average molecular weight is 276 g/mol. The molecule has 0 bridgehead atoms. The summed E-state index contributed by atoms with van der Waals surface area (Å²) in [5.41, 5.74) is 0. The fraction of sp³-hybridized carbons (Fsp3) is 0.500. The van der Waals surface area contributed by atoms with Gasteiger partial charge in [-0.3, -0.25) is 4.90 Å². The average Bonchev–Trinajstić information content (AvgIpc) is 2.60. The molecule has 94 valence electrons. The lowest BCUT2D eigenvalue weighted by molar-refractivity contribution is 0.177. The Morgan fingerprint density at radius 2 is 2.29 bits per heavy atom. The lowest BCUT2D eigenvalue weighted by Crippen LogP contribution is -2.37. The van der Waals surface area contributed by atoms with E-state index in [-0.39, 0.29) is 30.9 Å². The van der Waals surface area contributed by atoms with Gasteiger partial charge in [0.15, 0.2) is 0 Å². The van der Waals surface area contributed by atoms with Crippen molar-refractivity contribution in [1.29, 1.82) is 0 Å². The van der Waals surface area contributed by atoms with Gasteiger partial charge in [0.25, 0.3) is 0 Å². The minimum Gasteiger partial charge on any atom is -0.447 e. The maximum absolute atomic E-state index is 11.6. The quantitative estimate of drug-likeness (QED) is 0.777. The van der Waals surface area contributed by atoms with E-state index in [0.29, 0.717) is 18.3 Å². The van der Waals surface area contributed by atoms with Crippen LogP contribution in [-0.4, -0.2) is 28.7 Å². The van der Waals surface area contributed by atoms with E-state index in [4.69, 9.17) is 16.3 Å². The number of carbonyl (C=O) groups excluding carboxylic acids is 1. The van der Waals surface area contributed by atoms with Gasteiger partial charge in [-0.25, -0.2) is 14.8 Å². The van der Waals surface area contributed by atoms with Gasteiger partial charge < -0.3 is 4.74 Å². The van der Waals surface area contributed by atoms with E-state index in [1.54, 1.807) is 6.07 Å². The Hall–Kier alpha value is -1.01. The molecule has 0 aromatic carbocycles. The molecule has 1 aromatic rings. The monoisotopic (exact) mass is 275 g/mol. The minimum atomic E-state index is -0.381. The van der Waals surface area contributed by atoms with Crippen LogP contribution in [0.15, 0.2) is 12.3 Å². The van der Waals surface area contributed by atoms with Crippen LogP contribution in [0.25, 0.3) is 0 Å². The lowest BCUT2D eigenvalue weighted by atomic mass is 10.0. The molecule has 0 radical (unpaired) electrons. The summed E-state index contributed by atoms with van der Waals surface area (Å²) >= 11 is 5.70. The van der Waals surface area contributed by atoms with E-state index >= 15 is 0 Å². The van der Waals surface area contributed by atoms with Gasteiger partial charge in [-0.05, 0) is 23.6 Å². The summed E-state index contributed by atoms with van der Waals surface area (Å²) in [6.45, 7) is 4.45. The van der Waals surface area contributed by atoms with Crippen LogP contribution in [0.4, 0.5) is 10.6 Å². The molecule has 0 unspecified atom stereocenters. The second-order valence-corrected chi connectivity index (χ2v) is 4.28. The zero-order chi connectivity index (χ0) is 11.7. The zero-order valence-electron chi connectivity index (χ0n) is 9.55. The van der Waals surface area contributed by atoms with Crippen molar-refractivity contribution in [2.75, 3.05) is 11.5 Å². The summed E-state index contributed by atoms with van der Waals surface area (Å²) in [7, 11) is 0. The first kappa shape index (κ1) is 14.1. The summed E-state index contributed by atoms with van der Waals surface area (Å²) < 4.78 is 5.02. The van der Waals surface area contributed by atoms with Crippen LogP contribution in [0.2, 0.25) is 5.28 Å². The SMILES string of the molecule is CC(C)[C@H]1COC(=O)N1c1ccnc(Cl)n1.S. The standard InChI is InChI=1S/C10H12ClN3O2.H2S/c1-6(2)7-5-16-10(15)14(7)8-3-4-12-9(11)13-8;/h3-4,6-7H,5H2,1-2H3;1H2/t7-;/m1./s1. The first-order chi connectivity index (χ1) is 7.59. The highest BCUT2D eigenvalue weighted by molar-refractivity contribution is 7.59. The van der Waals surface area contributed by atoms with Crippen molar-refractivity contribution in [2.24, 2.45) is 5.92 Å². The van der Waals surface area contributed by atoms with E-state index in [9.17, 15) is 4.79 Å². The maximum atomic E-state index is 11.6. The van der Waals surface area contributed by atoms with Crippen molar-refractivity contribution in [1.82, 2.24) is 9.97 Å². The van der Waals surface area contributed by atoms with Gasteiger partial charge in [0.1, 0.15) is 12.4 Å². The minimum absolute atomic E-state index is 0. The second-order valence-electron chi connectivity index (χ2n) is 3.94. The third-order valence-corrected chi connectivity index (χ3v) is 2.72. The largest absolute Gasteiger partial charge is 0.447 e. The number of nitrogens with zero attached hydrogens (tertiary/aromatic N) is 3. The van der Waals surface area contributed by atoms with Crippen LogP contribution in [-0.2, 0) is 4.74 Å². The van der Waals surface area contributed by atoms with Gasteiger partial charge in [-0.15, -0.1) is 0 Å². The third-order valence-electron chi connectivity index (χ3n) is 2.53. The van der Waals surface area contributed by atoms with Gasteiger partial charge in [0, 0.05) is 6.20 Å². The molecule has 1 aliphatic rings. The fourth-order valence-electron chi connectivity index (χ4n) is 1.65. The summed E-state index contributed by atoms with van der Waals surface area (Å²) in [6.07, 6.45) is 1.14. The molecule has 1 fully saturated rings. The van der Waals surface area contributed by atoms with Gasteiger partial charge in [0.05, 0.1) is 6.04 Å². The third kappa shape index (κ3) is 2.81. The molecule has 2 rings (SSSR count). The molecular formula is C10H14ClN3O2S. The van der Waals surface area contributed by atoms with Crippen LogP contribution in [0, 0.1) is 5.92 Å². The van der Waals surface area contributed by atoms with E-state index in [0.717, 1.165) is 0 Å². The van der Waals surface area contributed by atoms with Crippen molar-refractivity contribution >= 4 is 37.0 Å². The molecule has 0 spiro atoms. The number of cyclic esters (lactones) is 1. The molecule has 1 aromatic heterocycles. The van der Waals surface area contributed by atoms with Crippen LogP contribution in [0.3, 0.4) is 0 Å². The molecule has 1 aliphatic heterocycles. The van der Waals surface area contributed by atoms with Crippen molar-refractivity contribution in [3.8, 4) is 0 Å². The normalized spacial score (nSPS) is 19.2. The molecule has 1 saturated heterocycles. The van der Waals surface area contributed by atoms with Gasteiger partial charge >= 0.3 is 6.09 Å². The Balaban J connectivity index is 0.00000144. The molecule has 5 nitrogen and oxygen atoms in total. The summed E-state index contributed by atoms with van der Waals surface area (Å²) in [4.78, 5) is 20.9. The van der Waals surface area contributed by atoms with Gasteiger partial charge in [-0.1, -0.05) is 13.8 Å². The number of anilines is 1. The number of hydrogen-bond acceptors (Lipinski definition) is 4. The fourth-order valence-corrected chi connectivity index (χ4v) is 1.79. The summed E-state index contributed by atoms with van der Waals surface area (Å²) in [6, 6.07) is 1.65. The molecular weight excluding hydrogens is 262 g/mol. The highest BCUT2D eigenvalue weighted by Gasteiger charge is 2.36. The van der Waals surface area contributed by atoms with Gasteiger partial charge in [-0.2, -0.15) is 13.5 Å². The molecule has 1 atom stereocenters. The number of hydrogen-bond donors (Lipinski definition) is 0. The number of amides is 1. The summed E-state index contributed by atoms with van der Waals surface area (Å²) in [5, 5.41) is 0.125. The molecule has 2 heterocycles. The highest BCUT2D eigenvalue weighted by atomic mass is 35.5. The number of halogens is 1. The number of aromatic nitrogens is 2. The molecule has 0 N–H and O–H groups in total. The van der Waals surface area contributed by atoms with Crippen LogP contribution >= 0.6 is 25.1 Å². The van der Waals surface area contributed by atoms with E-state index < -0.39 is 0 Å². The molecule has 7 heteroatoms. The lowest BCUT2D eigenvalue weighted by Gasteiger charge is -2.22. The van der Waals surface area contributed by atoms with E-state index in [1.165, 1.54) is 11.1 Å². The van der Waals surface area contributed by atoms with Gasteiger partial charge in [0.2, 0.25) is 5.28 Å². The topological polar surface area (TPSA) is 55.3 Å². The second kappa shape index (κ2) is 5.55. The van der Waals surface area contributed by atoms with Crippen LogP contribution < -0.4 is 4.90 Å². The van der Waals surface area contributed by atoms with Crippen LogP contribution in [0.5, 0.6) is 0 Å². The van der Waals surface area contributed by atoms with Crippen LogP contribution in [0.1, 0.15) is 13.8 Å². The van der Waals surface area contributed by atoms with Crippen molar-refractivity contribution in [3.05, 3.63) is 17.5 Å².